The van der Waals surface area contributed by atoms with Crippen LogP contribution < -0.4 is 5.43 Å². The topological polar surface area (TPSA) is 75.8 Å². The number of fused-ring (bicyclic) bond motifs is 2. The third-order valence-corrected chi connectivity index (χ3v) is 7.08. The SMILES string of the molecule is Cc1c(O)c(CN2CCOCC2)cc2c(=O)c(-c3nc4ccccc4s3)c(C(C)C)oc12. The van der Waals surface area contributed by atoms with Gasteiger partial charge in [-0.1, -0.05) is 26.0 Å². The molecule has 1 N–H and O–H groups in total. The summed E-state index contributed by atoms with van der Waals surface area (Å²) in [5, 5.41) is 12.1. The summed E-state index contributed by atoms with van der Waals surface area (Å²) in [6.07, 6.45) is 0. The number of aromatic hydroxyl groups is 1. The van der Waals surface area contributed by atoms with Crippen LogP contribution in [0, 0.1) is 6.92 Å². The molecule has 1 fully saturated rings. The number of benzene rings is 2. The van der Waals surface area contributed by atoms with E-state index in [1.54, 1.807) is 6.07 Å². The van der Waals surface area contributed by atoms with E-state index < -0.39 is 0 Å². The van der Waals surface area contributed by atoms with E-state index in [2.05, 4.69) is 4.90 Å². The maximum absolute atomic E-state index is 13.8. The van der Waals surface area contributed by atoms with Gasteiger partial charge < -0.3 is 14.3 Å². The van der Waals surface area contributed by atoms with Crippen molar-refractivity contribution >= 4 is 32.5 Å². The summed E-state index contributed by atoms with van der Waals surface area (Å²) < 4.78 is 12.8. The molecule has 32 heavy (non-hydrogen) atoms. The Labute approximate surface area is 190 Å². The Morgan fingerprint density at radius 1 is 1.22 bits per heavy atom. The predicted octanol–water partition coefficient (Wildman–Crippen LogP) is 5.04. The first-order valence-corrected chi connectivity index (χ1v) is 11.7. The number of hydrogen-bond donors (Lipinski definition) is 1. The molecule has 5 rings (SSSR count). The van der Waals surface area contributed by atoms with E-state index in [9.17, 15) is 9.90 Å². The van der Waals surface area contributed by atoms with E-state index in [1.165, 1.54) is 11.3 Å². The van der Waals surface area contributed by atoms with Crippen molar-refractivity contribution in [3.63, 3.8) is 0 Å². The number of aryl methyl sites for hydroxylation is 1. The lowest BCUT2D eigenvalue weighted by Gasteiger charge is -2.27. The summed E-state index contributed by atoms with van der Waals surface area (Å²) in [6.45, 7) is 9.33. The van der Waals surface area contributed by atoms with Gasteiger partial charge in [-0.25, -0.2) is 4.98 Å². The van der Waals surface area contributed by atoms with E-state index in [4.69, 9.17) is 14.1 Å². The molecule has 0 saturated carbocycles. The second-order valence-corrected chi connectivity index (χ2v) is 9.62. The van der Waals surface area contributed by atoms with Crippen LogP contribution in [0.2, 0.25) is 0 Å². The fourth-order valence-electron chi connectivity index (χ4n) is 4.28. The third-order valence-electron chi connectivity index (χ3n) is 6.02. The van der Waals surface area contributed by atoms with Gasteiger partial charge in [0.15, 0.2) is 0 Å². The number of phenols is 1. The van der Waals surface area contributed by atoms with Crippen LogP contribution in [0.5, 0.6) is 5.75 Å². The molecule has 1 aliphatic rings. The summed E-state index contributed by atoms with van der Waals surface area (Å²) in [6, 6.07) is 9.68. The first kappa shape index (κ1) is 21.1. The lowest BCUT2D eigenvalue weighted by atomic mass is 9.99. The van der Waals surface area contributed by atoms with Gasteiger partial charge in [-0.3, -0.25) is 9.69 Å². The summed E-state index contributed by atoms with van der Waals surface area (Å²) >= 11 is 1.50. The molecule has 2 aromatic carbocycles. The highest BCUT2D eigenvalue weighted by atomic mass is 32.1. The Morgan fingerprint density at radius 2 is 1.97 bits per heavy atom. The summed E-state index contributed by atoms with van der Waals surface area (Å²) in [4.78, 5) is 20.8. The second kappa shape index (κ2) is 8.31. The largest absolute Gasteiger partial charge is 0.507 e. The van der Waals surface area contributed by atoms with Crippen molar-refractivity contribution in [2.75, 3.05) is 26.3 Å². The molecule has 1 saturated heterocycles. The average molecular weight is 451 g/mol. The summed E-state index contributed by atoms with van der Waals surface area (Å²) in [5.74, 6) is 0.781. The number of aromatic nitrogens is 1. The van der Waals surface area contributed by atoms with Crippen LogP contribution in [-0.2, 0) is 11.3 Å². The average Bonchev–Trinajstić information content (AvgIpc) is 3.22. The van der Waals surface area contributed by atoms with Crippen LogP contribution in [-0.4, -0.2) is 41.3 Å². The minimum Gasteiger partial charge on any atom is -0.507 e. The number of nitrogens with zero attached hydrogens (tertiary/aromatic N) is 2. The lowest BCUT2D eigenvalue weighted by molar-refractivity contribution is 0.0339. The molecule has 0 bridgehead atoms. The quantitative estimate of drug-likeness (QED) is 0.469. The van der Waals surface area contributed by atoms with Crippen LogP contribution in [0.4, 0.5) is 0 Å². The predicted molar refractivity (Wildman–Crippen MR) is 128 cm³/mol. The van der Waals surface area contributed by atoms with Crippen molar-refractivity contribution in [2.45, 2.75) is 33.2 Å². The Morgan fingerprint density at radius 3 is 2.69 bits per heavy atom. The molecule has 2 aromatic heterocycles. The number of hydrogen-bond acceptors (Lipinski definition) is 7. The standard InChI is InChI=1S/C25H26N2O4S/c1-14(2)23-20(25-26-18-6-4-5-7-19(18)32-25)22(29)17-12-16(13-27-8-10-30-11-9-27)21(28)15(3)24(17)31-23/h4-7,12,14,28H,8-11,13H2,1-3H3. The van der Waals surface area contributed by atoms with Crippen LogP contribution in [0.3, 0.4) is 0 Å². The Balaban J connectivity index is 1.72. The third kappa shape index (κ3) is 3.60. The monoisotopic (exact) mass is 450 g/mol. The molecular formula is C25H26N2O4S. The zero-order chi connectivity index (χ0) is 22.4. The Hall–Kier alpha value is -2.74. The van der Waals surface area contributed by atoms with Crippen LogP contribution in [0.25, 0.3) is 31.8 Å². The number of para-hydroxylation sites is 1. The maximum Gasteiger partial charge on any atom is 0.203 e. The lowest BCUT2D eigenvalue weighted by Crippen LogP contribution is -2.35. The van der Waals surface area contributed by atoms with Gasteiger partial charge in [0.1, 0.15) is 22.1 Å². The fourth-order valence-corrected chi connectivity index (χ4v) is 5.29. The molecular weight excluding hydrogens is 424 g/mol. The molecule has 0 amide bonds. The van der Waals surface area contributed by atoms with Gasteiger partial charge in [0.25, 0.3) is 0 Å². The zero-order valence-corrected chi connectivity index (χ0v) is 19.3. The van der Waals surface area contributed by atoms with Crippen LogP contribution in [0.1, 0.15) is 36.7 Å². The molecule has 4 aromatic rings. The molecule has 0 spiro atoms. The van der Waals surface area contributed by atoms with E-state index in [1.807, 2.05) is 45.0 Å². The Kier molecular flexibility index (Phi) is 5.49. The summed E-state index contributed by atoms with van der Waals surface area (Å²) in [5.41, 5.74) is 3.08. The van der Waals surface area contributed by atoms with Gasteiger partial charge in [0.2, 0.25) is 5.43 Å². The Bertz CT molecular complexity index is 1330. The molecule has 166 valence electrons. The molecule has 7 heteroatoms. The molecule has 0 aliphatic carbocycles. The van der Waals surface area contributed by atoms with Gasteiger partial charge in [0.05, 0.1) is 34.4 Å². The molecule has 0 unspecified atom stereocenters. The number of thiazole rings is 1. The maximum atomic E-state index is 13.8. The van der Waals surface area contributed by atoms with Crippen molar-refractivity contribution in [3.05, 3.63) is 57.4 Å². The van der Waals surface area contributed by atoms with Crippen molar-refractivity contribution in [1.29, 1.82) is 0 Å². The number of rotatable bonds is 4. The molecule has 0 atom stereocenters. The first-order valence-electron chi connectivity index (χ1n) is 10.9. The van der Waals surface area contributed by atoms with Gasteiger partial charge in [-0.2, -0.15) is 0 Å². The highest BCUT2D eigenvalue weighted by molar-refractivity contribution is 7.21. The van der Waals surface area contributed by atoms with Crippen molar-refractivity contribution in [2.24, 2.45) is 0 Å². The van der Waals surface area contributed by atoms with E-state index in [0.717, 1.165) is 28.9 Å². The number of ether oxygens (including phenoxy) is 1. The molecule has 1 aliphatic heterocycles. The van der Waals surface area contributed by atoms with Crippen molar-refractivity contribution < 1.29 is 14.3 Å². The number of morpholine rings is 1. The van der Waals surface area contributed by atoms with E-state index >= 15 is 0 Å². The molecule has 6 nitrogen and oxygen atoms in total. The van der Waals surface area contributed by atoms with Crippen LogP contribution >= 0.6 is 11.3 Å². The van der Waals surface area contributed by atoms with E-state index in [-0.39, 0.29) is 17.1 Å². The minimum atomic E-state index is -0.0969. The highest BCUT2D eigenvalue weighted by Gasteiger charge is 2.25. The molecule has 3 heterocycles. The van der Waals surface area contributed by atoms with Crippen molar-refractivity contribution in [1.82, 2.24) is 9.88 Å². The zero-order valence-electron chi connectivity index (χ0n) is 18.5. The number of phenolic OH excluding ortho intramolecular Hbond substituents is 1. The van der Waals surface area contributed by atoms with Gasteiger partial charge >= 0.3 is 0 Å². The fraction of sp³-hybridized carbons (Fsp3) is 0.360. The van der Waals surface area contributed by atoms with Crippen molar-refractivity contribution in [3.8, 4) is 16.3 Å². The van der Waals surface area contributed by atoms with E-state index in [0.29, 0.717) is 52.6 Å². The highest BCUT2D eigenvalue weighted by Crippen LogP contribution is 2.37. The first-order chi connectivity index (χ1) is 15.4. The van der Waals surface area contributed by atoms with Gasteiger partial charge in [0, 0.05) is 36.7 Å². The smallest absolute Gasteiger partial charge is 0.203 e. The van der Waals surface area contributed by atoms with Gasteiger partial charge in [-0.15, -0.1) is 11.3 Å². The van der Waals surface area contributed by atoms with Gasteiger partial charge in [-0.05, 0) is 25.1 Å². The minimum absolute atomic E-state index is 0.0105. The molecule has 0 radical (unpaired) electrons. The normalized spacial score (nSPS) is 15.2. The summed E-state index contributed by atoms with van der Waals surface area (Å²) in [7, 11) is 0. The second-order valence-electron chi connectivity index (χ2n) is 8.59. The van der Waals surface area contributed by atoms with Crippen LogP contribution in [0.15, 0.2) is 39.5 Å².